The smallest absolute Gasteiger partial charge is 0.137 e. The standard InChI is InChI=1S/C39H31NOSi/c1-25-9-7-13-33-36(25)39-35(42(2)3)24-23-32-38(39)37-31(12-8-14-34(37)41-33)40(32)30-21-19-29(20-22-30)28-17-15-27(16-18-28)26-10-5-4-6-11-26/h4-24,42H,1-3H3. The number of fused-ring (bicyclic) bond motifs is 2. The van der Waals surface area contributed by atoms with Crippen molar-refractivity contribution in [3.05, 3.63) is 133 Å². The summed E-state index contributed by atoms with van der Waals surface area (Å²) in [5.74, 6) is 0. The Morgan fingerprint density at radius 1 is 0.476 bits per heavy atom. The molecule has 2 heterocycles. The van der Waals surface area contributed by atoms with Gasteiger partial charge in [-0.2, -0.15) is 0 Å². The lowest BCUT2D eigenvalue weighted by Gasteiger charge is -2.13. The number of aromatic nitrogens is 1. The first-order valence-corrected chi connectivity index (χ1v) is 17.6. The molecular formula is C39H31NOSi. The Hall–Kier alpha value is -4.86. The van der Waals surface area contributed by atoms with Gasteiger partial charge in [-0.25, -0.2) is 0 Å². The monoisotopic (exact) mass is 557 g/mol. The zero-order valence-electron chi connectivity index (χ0n) is 24.1. The molecule has 0 bridgehead atoms. The lowest BCUT2D eigenvalue weighted by Crippen LogP contribution is -2.23. The molecule has 3 heteroatoms. The molecule has 6 aromatic carbocycles. The number of hydrogen-bond acceptors (Lipinski definition) is 1. The van der Waals surface area contributed by atoms with Crippen molar-refractivity contribution in [2.45, 2.75) is 20.0 Å². The molecule has 0 unspecified atom stereocenters. The zero-order chi connectivity index (χ0) is 28.4. The van der Waals surface area contributed by atoms with Crippen molar-refractivity contribution in [2.75, 3.05) is 0 Å². The Kier molecular flexibility index (Phi) is 5.70. The Balaban J connectivity index is 1.34. The second-order valence-corrected chi connectivity index (χ2v) is 14.5. The van der Waals surface area contributed by atoms with Crippen LogP contribution in [0.1, 0.15) is 5.56 Å². The lowest BCUT2D eigenvalue weighted by atomic mass is 10.0. The van der Waals surface area contributed by atoms with Crippen LogP contribution < -0.4 is 5.19 Å². The van der Waals surface area contributed by atoms with Gasteiger partial charge in [-0.05, 0) is 76.5 Å². The van der Waals surface area contributed by atoms with E-state index in [0.717, 1.165) is 16.9 Å². The number of hydrogen-bond donors (Lipinski definition) is 0. The Labute approximate surface area is 247 Å². The number of aryl methyl sites for hydroxylation is 1. The molecule has 0 saturated heterocycles. The van der Waals surface area contributed by atoms with Gasteiger partial charge >= 0.3 is 0 Å². The summed E-state index contributed by atoms with van der Waals surface area (Å²) in [6.07, 6.45) is 0. The average Bonchev–Trinajstić information content (AvgIpc) is 3.28. The van der Waals surface area contributed by atoms with Crippen LogP contribution in [0.2, 0.25) is 13.1 Å². The fourth-order valence-electron chi connectivity index (χ4n) is 6.70. The summed E-state index contributed by atoms with van der Waals surface area (Å²) in [5, 5.41) is 6.62. The predicted octanol–water partition coefficient (Wildman–Crippen LogP) is 10.0. The van der Waals surface area contributed by atoms with E-state index in [2.05, 4.69) is 152 Å². The normalized spacial score (nSPS) is 11.9. The molecule has 0 spiro atoms. The molecule has 42 heavy (non-hydrogen) atoms. The van der Waals surface area contributed by atoms with E-state index in [1.807, 2.05) is 0 Å². The topological polar surface area (TPSA) is 18.1 Å². The molecule has 0 aliphatic rings. The third kappa shape index (κ3) is 3.78. The first-order valence-electron chi connectivity index (χ1n) is 14.7. The van der Waals surface area contributed by atoms with E-state index in [1.165, 1.54) is 65.6 Å². The molecule has 0 fully saturated rings. The maximum Gasteiger partial charge on any atom is 0.137 e. The van der Waals surface area contributed by atoms with Gasteiger partial charge < -0.3 is 8.98 Å². The van der Waals surface area contributed by atoms with Crippen molar-refractivity contribution in [1.29, 1.82) is 0 Å². The summed E-state index contributed by atoms with van der Waals surface area (Å²) < 4.78 is 9.12. The van der Waals surface area contributed by atoms with E-state index in [1.54, 1.807) is 0 Å². The van der Waals surface area contributed by atoms with Crippen molar-refractivity contribution in [2.24, 2.45) is 0 Å². The summed E-state index contributed by atoms with van der Waals surface area (Å²) in [6.45, 7) is 7.06. The van der Waals surface area contributed by atoms with Crippen molar-refractivity contribution >= 4 is 57.7 Å². The third-order valence-electron chi connectivity index (χ3n) is 8.73. The molecule has 202 valence electrons. The van der Waals surface area contributed by atoms with Crippen LogP contribution in [0, 0.1) is 6.92 Å². The van der Waals surface area contributed by atoms with Gasteiger partial charge in [0, 0.05) is 16.5 Å². The van der Waals surface area contributed by atoms with Crippen LogP contribution in [-0.2, 0) is 0 Å². The molecule has 8 aromatic rings. The van der Waals surface area contributed by atoms with Gasteiger partial charge in [-0.1, -0.05) is 109 Å². The van der Waals surface area contributed by atoms with E-state index >= 15 is 0 Å². The molecule has 0 amide bonds. The summed E-state index contributed by atoms with van der Waals surface area (Å²) in [7, 11) is -1.14. The Morgan fingerprint density at radius 3 is 1.71 bits per heavy atom. The molecule has 0 saturated carbocycles. The zero-order valence-corrected chi connectivity index (χ0v) is 25.2. The van der Waals surface area contributed by atoms with Crippen molar-refractivity contribution in [3.63, 3.8) is 0 Å². The highest BCUT2D eigenvalue weighted by molar-refractivity contribution is 6.74. The number of rotatable bonds is 4. The SMILES string of the molecule is Cc1cccc2oc3cccc4c3c3c(c([SiH](C)C)ccc3n4-c3ccc(-c4ccc(-c5ccccc5)cc4)cc3)c12. The van der Waals surface area contributed by atoms with Gasteiger partial charge in [0.2, 0.25) is 0 Å². The van der Waals surface area contributed by atoms with Gasteiger partial charge in [0.05, 0.1) is 25.2 Å². The minimum Gasteiger partial charge on any atom is -0.456 e. The number of nitrogens with zero attached hydrogens (tertiary/aromatic N) is 1. The van der Waals surface area contributed by atoms with Crippen molar-refractivity contribution < 1.29 is 4.42 Å². The van der Waals surface area contributed by atoms with Crippen molar-refractivity contribution in [3.8, 4) is 27.9 Å². The summed E-state index contributed by atoms with van der Waals surface area (Å²) >= 11 is 0. The summed E-state index contributed by atoms with van der Waals surface area (Å²) in [6, 6.07) is 46.0. The van der Waals surface area contributed by atoms with Gasteiger partial charge in [0.1, 0.15) is 11.2 Å². The van der Waals surface area contributed by atoms with Crippen LogP contribution in [0.15, 0.2) is 132 Å². The maximum absolute atomic E-state index is 6.71. The Bertz CT molecular complexity index is 2250. The van der Waals surface area contributed by atoms with Gasteiger partial charge in [0.25, 0.3) is 0 Å². The van der Waals surface area contributed by atoms with Crippen LogP contribution in [0.5, 0.6) is 0 Å². The highest BCUT2D eigenvalue weighted by Gasteiger charge is 2.22. The van der Waals surface area contributed by atoms with E-state index in [9.17, 15) is 0 Å². The minimum atomic E-state index is -1.14. The van der Waals surface area contributed by atoms with E-state index < -0.39 is 8.80 Å². The maximum atomic E-state index is 6.71. The summed E-state index contributed by atoms with van der Waals surface area (Å²) in [4.78, 5) is 0. The van der Waals surface area contributed by atoms with Crippen LogP contribution >= 0.6 is 0 Å². The quantitative estimate of drug-likeness (QED) is 0.197. The lowest BCUT2D eigenvalue weighted by molar-refractivity contribution is 0.663. The minimum absolute atomic E-state index is 0.930. The second kappa shape index (κ2) is 9.61. The van der Waals surface area contributed by atoms with Crippen molar-refractivity contribution in [1.82, 2.24) is 4.57 Å². The van der Waals surface area contributed by atoms with Crippen LogP contribution in [-0.4, -0.2) is 13.4 Å². The molecule has 0 atom stereocenters. The molecule has 2 aromatic heterocycles. The highest BCUT2D eigenvalue weighted by Crippen LogP contribution is 2.41. The molecule has 0 aliphatic carbocycles. The molecule has 0 radical (unpaired) electrons. The van der Waals surface area contributed by atoms with E-state index in [4.69, 9.17) is 4.42 Å². The van der Waals surface area contributed by atoms with Gasteiger partial charge in [-0.15, -0.1) is 0 Å². The fourth-order valence-corrected chi connectivity index (χ4v) is 8.05. The third-order valence-corrected chi connectivity index (χ3v) is 10.5. The predicted molar refractivity (Wildman–Crippen MR) is 182 cm³/mol. The van der Waals surface area contributed by atoms with E-state index in [-0.39, 0.29) is 0 Å². The first kappa shape index (κ1) is 24.9. The summed E-state index contributed by atoms with van der Waals surface area (Å²) in [5.41, 5.74) is 11.6. The largest absolute Gasteiger partial charge is 0.456 e. The molecule has 0 N–H and O–H groups in total. The molecule has 0 aliphatic heterocycles. The van der Waals surface area contributed by atoms with Crippen LogP contribution in [0.4, 0.5) is 0 Å². The molecular weight excluding hydrogens is 527 g/mol. The fraction of sp³-hybridized carbons (Fsp3) is 0.0769. The first-order chi connectivity index (χ1) is 20.6. The highest BCUT2D eigenvalue weighted by atomic mass is 28.3. The molecule has 2 nitrogen and oxygen atoms in total. The second-order valence-electron chi connectivity index (χ2n) is 11.6. The van der Waals surface area contributed by atoms with Gasteiger partial charge in [0.15, 0.2) is 0 Å². The Morgan fingerprint density at radius 2 is 1.05 bits per heavy atom. The van der Waals surface area contributed by atoms with Crippen LogP contribution in [0.25, 0.3) is 71.7 Å². The number of benzene rings is 6. The van der Waals surface area contributed by atoms with Gasteiger partial charge in [-0.3, -0.25) is 0 Å². The van der Waals surface area contributed by atoms with Crippen LogP contribution in [0.3, 0.4) is 0 Å². The average molecular weight is 558 g/mol. The molecule has 8 rings (SSSR count). The van der Waals surface area contributed by atoms with E-state index in [0.29, 0.717) is 0 Å².